The standard InChI is InChI=1S/C28H23Cl2N5O4S/c29-18-2-1-3-19(30)25(18)32-28-33-26(37)23(40-28)15-16-4-5-20-17(14-16)21(8-9-31-20)34-10-12-35(13-11-34)27(38)22-6-7-24(36)39-22/h1-5,8-9,14-15,22H,6-7,10-13H2,(H,32,33,37)/b23-15-/t22-/m0/s1. The summed E-state index contributed by atoms with van der Waals surface area (Å²) in [4.78, 5) is 50.3. The number of cyclic esters (lactones) is 1. The van der Waals surface area contributed by atoms with E-state index in [4.69, 9.17) is 27.9 Å². The van der Waals surface area contributed by atoms with E-state index in [0.29, 0.717) is 64.8 Å². The lowest BCUT2D eigenvalue weighted by atomic mass is 10.1. The highest BCUT2D eigenvalue weighted by atomic mass is 35.5. The van der Waals surface area contributed by atoms with Crippen molar-refractivity contribution in [2.24, 2.45) is 4.99 Å². The van der Waals surface area contributed by atoms with Crippen molar-refractivity contribution >= 4 is 86.3 Å². The van der Waals surface area contributed by atoms with Gasteiger partial charge in [0.25, 0.3) is 11.8 Å². The number of hydrogen-bond donors (Lipinski definition) is 1. The highest BCUT2D eigenvalue weighted by Gasteiger charge is 2.34. The van der Waals surface area contributed by atoms with Crippen LogP contribution in [0.1, 0.15) is 18.4 Å². The second-order valence-electron chi connectivity index (χ2n) is 9.49. The minimum Gasteiger partial charge on any atom is -0.452 e. The number of anilines is 1. The number of carbonyl (C=O) groups excluding carboxylic acids is 3. The summed E-state index contributed by atoms with van der Waals surface area (Å²) in [5, 5.41) is 4.91. The normalized spacial score (nSPS) is 21.4. The molecule has 0 unspecified atom stereocenters. The molecule has 0 bridgehead atoms. The third-order valence-electron chi connectivity index (χ3n) is 6.93. The Kier molecular flexibility index (Phi) is 7.39. The molecular formula is C28H23Cl2N5O4S. The van der Waals surface area contributed by atoms with E-state index in [1.165, 1.54) is 11.8 Å². The molecule has 2 aromatic carbocycles. The fourth-order valence-corrected chi connectivity index (χ4v) is 6.22. The second-order valence-corrected chi connectivity index (χ2v) is 11.3. The van der Waals surface area contributed by atoms with Gasteiger partial charge in [-0.2, -0.15) is 0 Å². The predicted molar refractivity (Wildman–Crippen MR) is 157 cm³/mol. The molecule has 1 aromatic heterocycles. The van der Waals surface area contributed by atoms with E-state index in [-0.39, 0.29) is 17.8 Å². The Morgan fingerprint density at radius 2 is 1.88 bits per heavy atom. The van der Waals surface area contributed by atoms with Crippen molar-refractivity contribution < 1.29 is 19.1 Å². The number of amides is 2. The summed E-state index contributed by atoms with van der Waals surface area (Å²) in [6.45, 7) is 2.35. The van der Waals surface area contributed by atoms with Crippen LogP contribution in [0.2, 0.25) is 10.0 Å². The van der Waals surface area contributed by atoms with Crippen LogP contribution >= 0.6 is 35.0 Å². The Bertz CT molecular complexity index is 1580. The molecule has 3 aliphatic rings. The third-order valence-corrected chi connectivity index (χ3v) is 8.45. The van der Waals surface area contributed by atoms with Crippen LogP contribution in [0.3, 0.4) is 0 Å². The number of aliphatic imine (C=N–C) groups is 1. The highest BCUT2D eigenvalue weighted by molar-refractivity contribution is 8.18. The average molecular weight is 596 g/mol. The fraction of sp³-hybridized carbons (Fsp3) is 0.250. The summed E-state index contributed by atoms with van der Waals surface area (Å²) >= 11 is 13.7. The van der Waals surface area contributed by atoms with Gasteiger partial charge < -0.3 is 19.9 Å². The van der Waals surface area contributed by atoms with Crippen molar-refractivity contribution in [1.29, 1.82) is 0 Å². The molecular weight excluding hydrogens is 573 g/mol. The number of para-hydroxylation sites is 1. The van der Waals surface area contributed by atoms with Gasteiger partial charge in [0.05, 0.1) is 20.5 Å². The zero-order valence-corrected chi connectivity index (χ0v) is 23.4. The number of ether oxygens (including phenoxy) is 1. The molecule has 40 heavy (non-hydrogen) atoms. The zero-order chi connectivity index (χ0) is 27.8. The Morgan fingerprint density at radius 1 is 1.10 bits per heavy atom. The SMILES string of the molecule is O=C1CC[C@@H](C(=O)N2CCN(c3ccnc4ccc(/C=C5\SC(=Nc6c(Cl)cccc6Cl)NC5=O)cc34)CC2)O1. The number of esters is 1. The molecule has 1 atom stereocenters. The smallest absolute Gasteiger partial charge is 0.306 e. The van der Waals surface area contributed by atoms with Gasteiger partial charge in [0.15, 0.2) is 11.3 Å². The van der Waals surface area contributed by atoms with Crippen molar-refractivity contribution in [3.8, 4) is 0 Å². The average Bonchev–Trinajstić information content (AvgIpc) is 3.54. The quantitative estimate of drug-likeness (QED) is 0.341. The number of benzene rings is 2. The van der Waals surface area contributed by atoms with Crippen molar-refractivity contribution in [2.75, 3.05) is 31.1 Å². The van der Waals surface area contributed by atoms with Crippen LogP contribution in [0.25, 0.3) is 17.0 Å². The summed E-state index contributed by atoms with van der Waals surface area (Å²) in [6.07, 6.45) is 3.67. The Labute approximate surface area is 244 Å². The molecule has 3 aliphatic heterocycles. The molecule has 3 fully saturated rings. The first-order valence-corrected chi connectivity index (χ1v) is 14.3. The van der Waals surface area contributed by atoms with Crippen LogP contribution in [0, 0.1) is 0 Å². The Hall–Kier alpha value is -3.60. The van der Waals surface area contributed by atoms with Crippen molar-refractivity contribution in [3.05, 3.63) is 69.2 Å². The van der Waals surface area contributed by atoms with Gasteiger partial charge in [-0.05, 0) is 53.7 Å². The van der Waals surface area contributed by atoms with E-state index < -0.39 is 6.10 Å². The first-order chi connectivity index (χ1) is 19.4. The summed E-state index contributed by atoms with van der Waals surface area (Å²) < 4.78 is 5.16. The van der Waals surface area contributed by atoms with Crippen LogP contribution in [0.5, 0.6) is 0 Å². The maximum atomic E-state index is 12.8. The lowest BCUT2D eigenvalue weighted by Gasteiger charge is -2.37. The van der Waals surface area contributed by atoms with E-state index in [2.05, 4.69) is 20.2 Å². The Balaban J connectivity index is 1.20. The van der Waals surface area contributed by atoms with Gasteiger partial charge in [-0.15, -0.1) is 0 Å². The Morgan fingerprint density at radius 3 is 2.60 bits per heavy atom. The number of piperazine rings is 1. The molecule has 6 rings (SSSR count). The van der Waals surface area contributed by atoms with Crippen LogP contribution in [0.4, 0.5) is 11.4 Å². The lowest BCUT2D eigenvalue weighted by molar-refractivity contribution is -0.153. The molecule has 204 valence electrons. The van der Waals surface area contributed by atoms with Gasteiger partial charge in [-0.25, -0.2) is 4.99 Å². The number of pyridine rings is 1. The summed E-state index contributed by atoms with van der Waals surface area (Å²) in [7, 11) is 0. The summed E-state index contributed by atoms with van der Waals surface area (Å²) in [5.41, 5.74) is 3.08. The van der Waals surface area contributed by atoms with Crippen LogP contribution in [0.15, 0.2) is 58.6 Å². The van der Waals surface area contributed by atoms with Gasteiger partial charge in [0, 0.05) is 56.3 Å². The monoisotopic (exact) mass is 595 g/mol. The predicted octanol–water partition coefficient (Wildman–Crippen LogP) is 4.79. The minimum atomic E-state index is -0.658. The van der Waals surface area contributed by atoms with E-state index in [1.807, 2.05) is 30.3 Å². The molecule has 12 heteroatoms. The summed E-state index contributed by atoms with van der Waals surface area (Å²) in [6, 6.07) is 12.9. The maximum absolute atomic E-state index is 12.8. The molecule has 0 radical (unpaired) electrons. The molecule has 3 aromatic rings. The van der Waals surface area contributed by atoms with Gasteiger partial charge in [0.1, 0.15) is 5.69 Å². The van der Waals surface area contributed by atoms with Crippen molar-refractivity contribution in [1.82, 2.24) is 15.2 Å². The molecule has 2 amide bonds. The van der Waals surface area contributed by atoms with Gasteiger partial charge in [-0.1, -0.05) is 35.3 Å². The fourth-order valence-electron chi connectivity index (χ4n) is 4.91. The van der Waals surface area contributed by atoms with Crippen molar-refractivity contribution in [3.63, 3.8) is 0 Å². The number of amidine groups is 1. The summed E-state index contributed by atoms with van der Waals surface area (Å²) in [5.74, 6) is -0.689. The molecule has 0 spiro atoms. The number of rotatable bonds is 4. The van der Waals surface area contributed by atoms with Crippen LogP contribution < -0.4 is 10.2 Å². The van der Waals surface area contributed by atoms with Crippen molar-refractivity contribution in [2.45, 2.75) is 18.9 Å². The maximum Gasteiger partial charge on any atom is 0.306 e. The lowest BCUT2D eigenvalue weighted by Crippen LogP contribution is -2.51. The third kappa shape index (κ3) is 5.39. The number of hydrogen-bond acceptors (Lipinski definition) is 8. The molecule has 4 heterocycles. The number of nitrogens with zero attached hydrogens (tertiary/aromatic N) is 4. The number of fused-ring (bicyclic) bond motifs is 1. The molecule has 0 saturated carbocycles. The van der Waals surface area contributed by atoms with E-state index in [9.17, 15) is 14.4 Å². The first kappa shape index (κ1) is 26.6. The van der Waals surface area contributed by atoms with E-state index in [0.717, 1.165) is 22.2 Å². The largest absolute Gasteiger partial charge is 0.452 e. The van der Waals surface area contributed by atoms with Gasteiger partial charge in [0.2, 0.25) is 0 Å². The van der Waals surface area contributed by atoms with E-state index in [1.54, 1.807) is 29.3 Å². The topological polar surface area (TPSA) is 104 Å². The molecule has 1 N–H and O–H groups in total. The highest BCUT2D eigenvalue weighted by Crippen LogP contribution is 2.36. The number of carbonyl (C=O) groups is 3. The van der Waals surface area contributed by atoms with E-state index >= 15 is 0 Å². The number of aromatic nitrogens is 1. The second kappa shape index (κ2) is 11.1. The van der Waals surface area contributed by atoms with Gasteiger partial charge >= 0.3 is 5.97 Å². The number of nitrogens with one attached hydrogen (secondary N) is 1. The first-order valence-electron chi connectivity index (χ1n) is 12.7. The molecule has 9 nitrogen and oxygen atoms in total. The van der Waals surface area contributed by atoms with Gasteiger partial charge in [-0.3, -0.25) is 19.4 Å². The van der Waals surface area contributed by atoms with Crippen LogP contribution in [-0.4, -0.2) is 65.1 Å². The minimum absolute atomic E-state index is 0.119. The number of halogens is 2. The van der Waals surface area contributed by atoms with Crippen LogP contribution in [-0.2, 0) is 19.1 Å². The molecule has 0 aliphatic carbocycles. The number of thioether (sulfide) groups is 1. The zero-order valence-electron chi connectivity index (χ0n) is 21.1. The molecule has 3 saturated heterocycles.